The molecule has 1 heterocycles. The molecule has 3 rings (SSSR count). The third-order valence-electron chi connectivity index (χ3n) is 5.74. The van der Waals surface area contributed by atoms with E-state index in [9.17, 15) is 9.90 Å². The molecule has 2 aromatic rings. The number of nitrogens with one attached hydrogen (secondary N) is 1. The molecule has 0 spiro atoms. The second-order valence-corrected chi connectivity index (χ2v) is 7.67. The van der Waals surface area contributed by atoms with Gasteiger partial charge in [-0.05, 0) is 37.4 Å². The number of benzene rings is 2. The van der Waals surface area contributed by atoms with Crippen molar-refractivity contribution in [2.45, 2.75) is 50.3 Å². The van der Waals surface area contributed by atoms with Crippen molar-refractivity contribution < 1.29 is 9.90 Å². The Hall–Kier alpha value is -2.70. The summed E-state index contributed by atoms with van der Waals surface area (Å²) in [7, 11) is 2.12. The van der Waals surface area contributed by atoms with E-state index in [1.165, 1.54) is 0 Å². The van der Waals surface area contributed by atoms with Crippen molar-refractivity contribution in [3.05, 3.63) is 71.8 Å². The van der Waals surface area contributed by atoms with Crippen LogP contribution >= 0.6 is 0 Å². The molecular weight excluding hydrogens is 364 g/mol. The Kier molecular flexibility index (Phi) is 7.38. The summed E-state index contributed by atoms with van der Waals surface area (Å²) >= 11 is 0. The number of nitrogens with zero attached hydrogens (tertiary/aromatic N) is 2. The first-order valence-corrected chi connectivity index (χ1v) is 10.2. The van der Waals surface area contributed by atoms with E-state index in [2.05, 4.69) is 22.5 Å². The molecule has 0 unspecified atom stereocenters. The van der Waals surface area contributed by atoms with Gasteiger partial charge in [0.25, 0.3) is 0 Å². The van der Waals surface area contributed by atoms with Crippen LogP contribution in [0.2, 0.25) is 0 Å². The second-order valence-electron chi connectivity index (χ2n) is 7.67. The van der Waals surface area contributed by atoms with Gasteiger partial charge in [0.1, 0.15) is 0 Å². The predicted octanol–water partition coefficient (Wildman–Crippen LogP) is 3.43. The number of aliphatic hydroxyl groups excluding tert-OH is 1. The molecule has 29 heavy (non-hydrogen) atoms. The van der Waals surface area contributed by atoms with Crippen molar-refractivity contribution in [2.75, 3.05) is 7.05 Å². The standard InChI is InChI=1S/C23H30N4O2/c1-27-19(15-21(25-26-23(24)29)17-9-4-2-5-10-17)13-8-14-20(27)16-22(28)18-11-6-3-7-12-18/h2-7,9-12,19-20,22,28H,8,13-16H2,1H3,(H3,24,26,29)/b25-21-/t19-,20+,22+/m1/s1. The summed E-state index contributed by atoms with van der Waals surface area (Å²) in [6, 6.07) is 19.6. The molecule has 0 radical (unpaired) electrons. The highest BCUT2D eigenvalue weighted by molar-refractivity contribution is 6.01. The first-order valence-electron chi connectivity index (χ1n) is 10.2. The first kappa shape index (κ1) is 21.0. The lowest BCUT2D eigenvalue weighted by Gasteiger charge is -2.40. The molecule has 0 aromatic heterocycles. The maximum atomic E-state index is 11.2. The number of amides is 2. The quantitative estimate of drug-likeness (QED) is 0.496. The molecule has 6 heteroatoms. The van der Waals surface area contributed by atoms with Crippen molar-refractivity contribution >= 4 is 11.7 Å². The van der Waals surface area contributed by atoms with Gasteiger partial charge in [0.05, 0.1) is 11.8 Å². The van der Waals surface area contributed by atoms with E-state index in [-0.39, 0.29) is 6.04 Å². The van der Waals surface area contributed by atoms with Crippen LogP contribution in [0.4, 0.5) is 4.79 Å². The molecule has 0 bridgehead atoms. The second kappa shape index (κ2) is 10.2. The maximum Gasteiger partial charge on any atom is 0.332 e. The van der Waals surface area contributed by atoms with Gasteiger partial charge in [0, 0.05) is 18.5 Å². The molecule has 0 aliphatic carbocycles. The van der Waals surface area contributed by atoms with Gasteiger partial charge in [-0.15, -0.1) is 0 Å². The minimum Gasteiger partial charge on any atom is -0.388 e. The minimum absolute atomic E-state index is 0.283. The number of carbonyl (C=O) groups excluding carboxylic acids is 1. The highest BCUT2D eigenvalue weighted by atomic mass is 16.3. The van der Waals surface area contributed by atoms with E-state index in [1.807, 2.05) is 60.7 Å². The Morgan fingerprint density at radius 2 is 1.76 bits per heavy atom. The summed E-state index contributed by atoms with van der Waals surface area (Å²) in [5.74, 6) is 0. The third-order valence-corrected chi connectivity index (χ3v) is 5.74. The fraction of sp³-hybridized carbons (Fsp3) is 0.391. The number of hydrogen-bond donors (Lipinski definition) is 3. The van der Waals surface area contributed by atoms with E-state index in [4.69, 9.17) is 5.73 Å². The van der Waals surface area contributed by atoms with Crippen LogP contribution in [-0.4, -0.2) is 40.9 Å². The van der Waals surface area contributed by atoms with Crippen LogP contribution in [-0.2, 0) is 0 Å². The molecule has 1 aliphatic heterocycles. The van der Waals surface area contributed by atoms with Gasteiger partial charge in [-0.3, -0.25) is 4.90 Å². The van der Waals surface area contributed by atoms with Gasteiger partial charge >= 0.3 is 6.03 Å². The summed E-state index contributed by atoms with van der Waals surface area (Å²) in [5.41, 5.74) is 10.3. The average Bonchev–Trinajstić information content (AvgIpc) is 2.74. The maximum absolute atomic E-state index is 11.2. The summed E-state index contributed by atoms with van der Waals surface area (Å²) in [6.07, 6.45) is 4.16. The fourth-order valence-electron chi connectivity index (χ4n) is 4.10. The van der Waals surface area contributed by atoms with Gasteiger partial charge < -0.3 is 10.8 Å². The molecule has 0 saturated carbocycles. The monoisotopic (exact) mass is 394 g/mol. The molecule has 1 aliphatic rings. The topological polar surface area (TPSA) is 91.0 Å². The number of hydrazone groups is 1. The molecule has 2 aromatic carbocycles. The average molecular weight is 395 g/mol. The Morgan fingerprint density at radius 1 is 1.14 bits per heavy atom. The van der Waals surface area contributed by atoms with Crippen LogP contribution in [0, 0.1) is 0 Å². The molecule has 1 fully saturated rings. The number of rotatable bonds is 7. The first-order chi connectivity index (χ1) is 14.0. The molecule has 1 saturated heterocycles. The lowest BCUT2D eigenvalue weighted by molar-refractivity contribution is 0.0638. The van der Waals surface area contributed by atoms with Crippen LogP contribution < -0.4 is 11.2 Å². The van der Waals surface area contributed by atoms with Crippen LogP contribution in [0.15, 0.2) is 65.8 Å². The van der Waals surface area contributed by atoms with Crippen LogP contribution in [0.25, 0.3) is 0 Å². The molecular formula is C23H30N4O2. The van der Waals surface area contributed by atoms with Gasteiger partial charge in [-0.25, -0.2) is 10.2 Å². The van der Waals surface area contributed by atoms with Crippen molar-refractivity contribution in [3.8, 4) is 0 Å². The van der Waals surface area contributed by atoms with E-state index in [1.54, 1.807) is 0 Å². The Labute approximate surface area is 172 Å². The molecule has 154 valence electrons. The van der Waals surface area contributed by atoms with Crippen molar-refractivity contribution in [2.24, 2.45) is 10.8 Å². The van der Waals surface area contributed by atoms with Crippen molar-refractivity contribution in [1.29, 1.82) is 0 Å². The lowest BCUT2D eigenvalue weighted by atomic mass is 9.88. The smallest absolute Gasteiger partial charge is 0.332 e. The SMILES string of the molecule is CN1[C@@H](C/C(=N/NC(N)=O)c2ccccc2)CCC[C@H]1C[C@H](O)c1ccccc1. The number of aliphatic hydroxyl groups is 1. The van der Waals surface area contributed by atoms with Crippen LogP contribution in [0.3, 0.4) is 0 Å². The molecule has 6 nitrogen and oxygen atoms in total. The number of likely N-dealkylation sites (tertiary alicyclic amines) is 1. The Balaban J connectivity index is 1.70. The molecule has 2 amide bonds. The number of piperidine rings is 1. The number of nitrogens with two attached hydrogens (primary N) is 1. The number of hydrogen-bond acceptors (Lipinski definition) is 4. The molecule has 3 atom stereocenters. The Bertz CT molecular complexity index is 810. The third kappa shape index (κ3) is 5.89. The summed E-state index contributed by atoms with van der Waals surface area (Å²) in [6.45, 7) is 0. The van der Waals surface area contributed by atoms with Crippen molar-refractivity contribution in [3.63, 3.8) is 0 Å². The summed E-state index contributed by atoms with van der Waals surface area (Å²) < 4.78 is 0. The normalized spacial score (nSPS) is 21.5. The van der Waals surface area contributed by atoms with Gasteiger partial charge in [-0.1, -0.05) is 67.1 Å². The van der Waals surface area contributed by atoms with E-state index in [0.29, 0.717) is 18.9 Å². The number of carbonyl (C=O) groups is 1. The van der Waals surface area contributed by atoms with Crippen LogP contribution in [0.5, 0.6) is 0 Å². The Morgan fingerprint density at radius 3 is 2.41 bits per heavy atom. The number of primary amides is 1. The van der Waals surface area contributed by atoms with Gasteiger partial charge in [0.2, 0.25) is 0 Å². The van der Waals surface area contributed by atoms with Crippen LogP contribution in [0.1, 0.15) is 49.3 Å². The summed E-state index contributed by atoms with van der Waals surface area (Å²) in [4.78, 5) is 13.5. The highest BCUT2D eigenvalue weighted by Crippen LogP contribution is 2.30. The van der Waals surface area contributed by atoms with Crippen molar-refractivity contribution in [1.82, 2.24) is 10.3 Å². The zero-order valence-electron chi connectivity index (χ0n) is 16.9. The van der Waals surface area contributed by atoms with E-state index < -0.39 is 12.1 Å². The van der Waals surface area contributed by atoms with Gasteiger partial charge in [0.15, 0.2) is 0 Å². The van der Waals surface area contributed by atoms with E-state index >= 15 is 0 Å². The number of urea groups is 1. The highest BCUT2D eigenvalue weighted by Gasteiger charge is 2.30. The zero-order chi connectivity index (χ0) is 20.6. The lowest BCUT2D eigenvalue weighted by Crippen LogP contribution is -2.45. The predicted molar refractivity (Wildman–Crippen MR) is 116 cm³/mol. The molecule has 4 N–H and O–H groups in total. The minimum atomic E-state index is -0.667. The zero-order valence-corrected chi connectivity index (χ0v) is 16.9. The fourth-order valence-corrected chi connectivity index (χ4v) is 4.10. The largest absolute Gasteiger partial charge is 0.388 e. The van der Waals surface area contributed by atoms with E-state index in [0.717, 1.165) is 36.1 Å². The summed E-state index contributed by atoms with van der Waals surface area (Å²) in [5, 5.41) is 14.9. The van der Waals surface area contributed by atoms with Gasteiger partial charge in [-0.2, -0.15) is 5.10 Å².